The summed E-state index contributed by atoms with van der Waals surface area (Å²) in [7, 11) is 0. The van der Waals surface area contributed by atoms with Gasteiger partial charge in [0.15, 0.2) is 11.6 Å². The molecule has 1 saturated heterocycles. The number of hydrogen-bond acceptors (Lipinski definition) is 5. The molecule has 0 radical (unpaired) electrons. The molecule has 0 spiro atoms. The minimum atomic E-state index is -0.388. The molecule has 0 N–H and O–H groups in total. The van der Waals surface area contributed by atoms with Crippen molar-refractivity contribution in [1.29, 1.82) is 0 Å². The van der Waals surface area contributed by atoms with E-state index in [4.69, 9.17) is 0 Å². The second-order valence-electron chi connectivity index (χ2n) is 6.58. The highest BCUT2D eigenvalue weighted by molar-refractivity contribution is 5.38. The summed E-state index contributed by atoms with van der Waals surface area (Å²) in [4.78, 5) is 26.2. The summed E-state index contributed by atoms with van der Waals surface area (Å²) in [5.41, 5.74) is 0.822. The Balaban J connectivity index is 1.62. The first-order valence-electron chi connectivity index (χ1n) is 8.31. The Morgan fingerprint density at radius 1 is 1.29 bits per heavy atom. The monoisotopic (exact) mass is 331 g/mol. The molecule has 3 rings (SSSR count). The van der Waals surface area contributed by atoms with E-state index in [0.717, 1.165) is 31.6 Å². The smallest absolute Gasteiger partial charge is 0.253 e. The van der Waals surface area contributed by atoms with Crippen LogP contribution in [-0.4, -0.2) is 32.6 Å². The minimum Gasteiger partial charge on any atom is -0.354 e. The average Bonchev–Trinajstić information content (AvgIpc) is 2.58. The number of hydrogen-bond donors (Lipinski definition) is 0. The predicted molar refractivity (Wildman–Crippen MR) is 89.5 cm³/mol. The number of halogens is 1. The zero-order chi connectivity index (χ0) is 17.1. The van der Waals surface area contributed by atoms with Crippen LogP contribution in [-0.2, 0) is 6.54 Å². The molecule has 0 amide bonds. The summed E-state index contributed by atoms with van der Waals surface area (Å²) >= 11 is 0. The van der Waals surface area contributed by atoms with Gasteiger partial charge in [-0.3, -0.25) is 9.36 Å². The molecule has 0 aromatic carbocycles. The van der Waals surface area contributed by atoms with Crippen LogP contribution in [0.5, 0.6) is 0 Å². The first-order valence-corrected chi connectivity index (χ1v) is 8.31. The molecule has 2 aromatic heterocycles. The number of piperidine rings is 1. The first kappa shape index (κ1) is 16.5. The van der Waals surface area contributed by atoms with Crippen LogP contribution in [0.25, 0.3) is 0 Å². The van der Waals surface area contributed by atoms with Crippen LogP contribution in [0.15, 0.2) is 29.7 Å². The van der Waals surface area contributed by atoms with E-state index in [-0.39, 0.29) is 17.3 Å². The lowest BCUT2D eigenvalue weighted by Crippen LogP contribution is -2.37. The van der Waals surface area contributed by atoms with E-state index in [1.54, 1.807) is 17.0 Å². The molecule has 2 aromatic rings. The molecule has 24 heavy (non-hydrogen) atoms. The van der Waals surface area contributed by atoms with E-state index in [9.17, 15) is 9.18 Å². The van der Waals surface area contributed by atoms with Gasteiger partial charge in [-0.1, -0.05) is 13.8 Å². The highest BCUT2D eigenvalue weighted by atomic mass is 19.1. The fourth-order valence-corrected chi connectivity index (χ4v) is 3.04. The predicted octanol–water partition coefficient (Wildman–Crippen LogP) is 2.21. The van der Waals surface area contributed by atoms with Crippen LogP contribution in [0.2, 0.25) is 0 Å². The standard InChI is InChI=1S/C17H22FN5O/c1-12(2)15-7-16(24)23(11-21-15)9-13-3-5-22(6-4-13)17-14(18)8-19-10-20-17/h7-8,10-13H,3-6,9H2,1-2H3. The van der Waals surface area contributed by atoms with Crippen molar-refractivity contribution >= 4 is 5.82 Å². The third-order valence-electron chi connectivity index (χ3n) is 4.51. The van der Waals surface area contributed by atoms with Gasteiger partial charge in [0, 0.05) is 25.7 Å². The van der Waals surface area contributed by atoms with E-state index < -0.39 is 0 Å². The summed E-state index contributed by atoms with van der Waals surface area (Å²) in [5, 5.41) is 0. The Morgan fingerprint density at radius 3 is 2.67 bits per heavy atom. The van der Waals surface area contributed by atoms with E-state index >= 15 is 0 Å². The maximum Gasteiger partial charge on any atom is 0.253 e. The van der Waals surface area contributed by atoms with Crippen LogP contribution in [0.1, 0.15) is 38.3 Å². The Morgan fingerprint density at radius 2 is 2.04 bits per heavy atom. The second-order valence-corrected chi connectivity index (χ2v) is 6.58. The van der Waals surface area contributed by atoms with Crippen molar-refractivity contribution in [3.63, 3.8) is 0 Å². The van der Waals surface area contributed by atoms with Gasteiger partial charge in [-0.15, -0.1) is 0 Å². The summed E-state index contributed by atoms with van der Waals surface area (Å²) in [6, 6.07) is 1.62. The fraction of sp³-hybridized carbons (Fsp3) is 0.529. The molecule has 1 aliphatic rings. The van der Waals surface area contributed by atoms with Crippen LogP contribution >= 0.6 is 0 Å². The topological polar surface area (TPSA) is 63.9 Å². The Labute approximate surface area is 140 Å². The van der Waals surface area contributed by atoms with E-state index in [1.165, 1.54) is 12.5 Å². The molecule has 0 unspecified atom stereocenters. The van der Waals surface area contributed by atoms with Gasteiger partial charge in [0.25, 0.3) is 5.56 Å². The van der Waals surface area contributed by atoms with Gasteiger partial charge in [0.1, 0.15) is 6.33 Å². The van der Waals surface area contributed by atoms with E-state index in [2.05, 4.69) is 15.0 Å². The number of nitrogens with zero attached hydrogens (tertiary/aromatic N) is 5. The summed E-state index contributed by atoms with van der Waals surface area (Å²) in [6.45, 7) is 6.15. The third-order valence-corrected chi connectivity index (χ3v) is 4.51. The lowest BCUT2D eigenvalue weighted by molar-refractivity contribution is 0.348. The van der Waals surface area contributed by atoms with Crippen LogP contribution < -0.4 is 10.5 Å². The van der Waals surface area contributed by atoms with Gasteiger partial charge in [0.2, 0.25) is 0 Å². The molecule has 6 nitrogen and oxygen atoms in total. The third kappa shape index (κ3) is 3.60. The highest BCUT2D eigenvalue weighted by Crippen LogP contribution is 2.24. The minimum absolute atomic E-state index is 0.00188. The van der Waals surface area contributed by atoms with Crippen LogP contribution in [0.3, 0.4) is 0 Å². The largest absolute Gasteiger partial charge is 0.354 e. The number of aromatic nitrogens is 4. The van der Waals surface area contributed by atoms with Crippen molar-refractivity contribution < 1.29 is 4.39 Å². The van der Waals surface area contributed by atoms with Crippen molar-refractivity contribution in [2.24, 2.45) is 5.92 Å². The lowest BCUT2D eigenvalue weighted by Gasteiger charge is -2.32. The SMILES string of the molecule is CC(C)c1cc(=O)n(CC2CCN(c3ncncc3F)CC2)cn1. The van der Waals surface area contributed by atoms with Gasteiger partial charge in [0.05, 0.1) is 18.2 Å². The molecule has 0 saturated carbocycles. The lowest BCUT2D eigenvalue weighted by atomic mass is 9.96. The van der Waals surface area contributed by atoms with Gasteiger partial charge < -0.3 is 4.90 Å². The molecular formula is C17H22FN5O. The molecule has 1 aliphatic heterocycles. The molecule has 1 fully saturated rings. The molecule has 0 aliphatic carbocycles. The van der Waals surface area contributed by atoms with Crippen molar-refractivity contribution in [1.82, 2.24) is 19.5 Å². The Hall–Kier alpha value is -2.31. The maximum absolute atomic E-state index is 13.8. The van der Waals surface area contributed by atoms with Crippen molar-refractivity contribution in [3.05, 3.63) is 46.8 Å². The van der Waals surface area contributed by atoms with Gasteiger partial charge >= 0.3 is 0 Å². The van der Waals surface area contributed by atoms with E-state index in [1.807, 2.05) is 18.7 Å². The molecule has 0 bridgehead atoms. The first-order chi connectivity index (χ1) is 11.5. The molecule has 128 valence electrons. The summed E-state index contributed by atoms with van der Waals surface area (Å²) in [6.07, 6.45) is 5.99. The van der Waals surface area contributed by atoms with E-state index in [0.29, 0.717) is 18.3 Å². The zero-order valence-electron chi connectivity index (χ0n) is 14.0. The zero-order valence-corrected chi connectivity index (χ0v) is 14.0. The van der Waals surface area contributed by atoms with Crippen molar-refractivity contribution in [2.45, 2.75) is 39.2 Å². The molecule has 3 heterocycles. The number of anilines is 1. The Bertz CT molecular complexity index is 753. The maximum atomic E-state index is 13.8. The fourth-order valence-electron chi connectivity index (χ4n) is 3.04. The second kappa shape index (κ2) is 7.07. The average molecular weight is 331 g/mol. The van der Waals surface area contributed by atoms with Gasteiger partial charge in [-0.25, -0.2) is 19.3 Å². The number of rotatable bonds is 4. The molecule has 0 atom stereocenters. The summed E-state index contributed by atoms with van der Waals surface area (Å²) < 4.78 is 15.4. The normalized spacial score (nSPS) is 15.9. The van der Waals surface area contributed by atoms with Crippen LogP contribution in [0.4, 0.5) is 10.2 Å². The highest BCUT2D eigenvalue weighted by Gasteiger charge is 2.22. The van der Waals surface area contributed by atoms with Crippen molar-refractivity contribution in [3.8, 4) is 0 Å². The molecule has 7 heteroatoms. The Kier molecular flexibility index (Phi) is 4.87. The quantitative estimate of drug-likeness (QED) is 0.859. The molecular weight excluding hydrogens is 309 g/mol. The van der Waals surface area contributed by atoms with Gasteiger partial charge in [-0.05, 0) is 24.7 Å². The van der Waals surface area contributed by atoms with Gasteiger partial charge in [-0.2, -0.15) is 0 Å². The van der Waals surface area contributed by atoms with Crippen LogP contribution in [0, 0.1) is 11.7 Å². The van der Waals surface area contributed by atoms with Crippen molar-refractivity contribution in [2.75, 3.05) is 18.0 Å². The summed E-state index contributed by atoms with van der Waals surface area (Å²) in [5.74, 6) is 0.609.